The van der Waals surface area contributed by atoms with Gasteiger partial charge in [-0.15, -0.1) is 0 Å². The highest BCUT2D eigenvalue weighted by molar-refractivity contribution is 7.89. The van der Waals surface area contributed by atoms with E-state index in [-0.39, 0.29) is 16.0 Å². The van der Waals surface area contributed by atoms with E-state index >= 15 is 0 Å². The number of nitrogens with one attached hydrogen (secondary N) is 1. The largest absolute Gasteiger partial charge is 0.379 e. The molecule has 1 heterocycles. The summed E-state index contributed by atoms with van der Waals surface area (Å²) in [5, 5.41) is 14.6. The van der Waals surface area contributed by atoms with E-state index in [1.54, 1.807) is 36.4 Å². The van der Waals surface area contributed by atoms with Crippen molar-refractivity contribution in [1.29, 1.82) is 0 Å². The van der Waals surface area contributed by atoms with Crippen molar-refractivity contribution in [3.8, 4) is 0 Å². The summed E-state index contributed by atoms with van der Waals surface area (Å²) in [4.78, 5) is 13.4. The molecule has 1 aliphatic heterocycles. The number of nitro benzene ring substituents is 1. The van der Waals surface area contributed by atoms with Crippen LogP contribution >= 0.6 is 0 Å². The minimum absolute atomic E-state index is 0.0279. The van der Waals surface area contributed by atoms with Crippen LogP contribution in [0.25, 0.3) is 0 Å². The number of hydrogen-bond donors (Lipinski definition) is 1. The van der Waals surface area contributed by atoms with E-state index in [0.29, 0.717) is 43.3 Å². The van der Waals surface area contributed by atoms with Gasteiger partial charge in [0, 0.05) is 44.5 Å². The molecule has 0 atom stereocenters. The molecule has 8 nitrogen and oxygen atoms in total. The van der Waals surface area contributed by atoms with Gasteiger partial charge in [-0.2, -0.15) is 4.31 Å². The fourth-order valence-corrected chi connectivity index (χ4v) is 4.85. The third-order valence-electron chi connectivity index (χ3n) is 5.25. The lowest BCUT2D eigenvalue weighted by Gasteiger charge is -2.35. The lowest BCUT2D eigenvalue weighted by molar-refractivity contribution is -0.384. The van der Waals surface area contributed by atoms with Crippen LogP contribution in [0.15, 0.2) is 47.4 Å². The predicted octanol–water partition coefficient (Wildman–Crippen LogP) is 3.87. The molecule has 2 aromatic carbocycles. The predicted molar refractivity (Wildman–Crippen MR) is 123 cm³/mol. The molecule has 0 amide bonds. The van der Waals surface area contributed by atoms with Crippen LogP contribution in [0.3, 0.4) is 0 Å². The number of nitro groups is 1. The number of aryl methyl sites for hydroxylation is 1. The van der Waals surface area contributed by atoms with Crippen molar-refractivity contribution < 1.29 is 13.3 Å². The Bertz CT molecular complexity index is 1040. The summed E-state index contributed by atoms with van der Waals surface area (Å²) < 4.78 is 27.3. The van der Waals surface area contributed by atoms with E-state index < -0.39 is 10.0 Å². The molecule has 0 aliphatic carbocycles. The second-order valence-corrected chi connectivity index (χ2v) is 11.0. The summed E-state index contributed by atoms with van der Waals surface area (Å²) in [6.45, 7) is 10.4. The molecule has 1 aliphatic rings. The minimum Gasteiger partial charge on any atom is -0.379 e. The number of rotatable bonds is 6. The number of piperazine rings is 1. The molecule has 0 spiro atoms. The first kappa shape index (κ1) is 23.0. The standard InChI is InChI=1S/C22H30N4O4S/c1-17-5-8-19(9-6-17)31(29,30)25-13-11-24(12-14-25)18-7-10-21(26(27)28)20(15-18)23-16-22(2,3)4/h5-10,15,23H,11-14,16H2,1-4H3. The van der Waals surface area contributed by atoms with Crippen molar-refractivity contribution in [2.75, 3.05) is 42.9 Å². The fourth-order valence-electron chi connectivity index (χ4n) is 3.43. The van der Waals surface area contributed by atoms with E-state index in [0.717, 1.165) is 11.3 Å². The summed E-state index contributed by atoms with van der Waals surface area (Å²) in [6, 6.07) is 11.9. The zero-order valence-corrected chi connectivity index (χ0v) is 19.3. The number of nitrogens with zero attached hydrogens (tertiary/aromatic N) is 3. The van der Waals surface area contributed by atoms with Crippen LogP contribution in [-0.4, -0.2) is 50.4 Å². The third kappa shape index (κ3) is 5.54. The lowest BCUT2D eigenvalue weighted by atomic mass is 9.97. The molecular formula is C22H30N4O4S. The van der Waals surface area contributed by atoms with Crippen molar-refractivity contribution in [2.45, 2.75) is 32.6 Å². The first-order valence-corrected chi connectivity index (χ1v) is 11.8. The van der Waals surface area contributed by atoms with E-state index in [4.69, 9.17) is 0 Å². The summed E-state index contributed by atoms with van der Waals surface area (Å²) >= 11 is 0. The van der Waals surface area contributed by atoms with Crippen molar-refractivity contribution in [3.05, 3.63) is 58.1 Å². The molecule has 2 aromatic rings. The van der Waals surface area contributed by atoms with Crippen molar-refractivity contribution in [2.24, 2.45) is 5.41 Å². The molecule has 0 aromatic heterocycles. The summed E-state index contributed by atoms with van der Waals surface area (Å²) in [6.07, 6.45) is 0. The van der Waals surface area contributed by atoms with Crippen LogP contribution in [-0.2, 0) is 10.0 Å². The molecule has 1 saturated heterocycles. The molecule has 31 heavy (non-hydrogen) atoms. The van der Waals surface area contributed by atoms with Crippen LogP contribution in [0.4, 0.5) is 17.1 Å². The van der Waals surface area contributed by atoms with Gasteiger partial charge in [0.2, 0.25) is 10.0 Å². The van der Waals surface area contributed by atoms with Crippen molar-refractivity contribution in [1.82, 2.24) is 4.31 Å². The molecule has 0 radical (unpaired) electrons. The molecule has 9 heteroatoms. The Morgan fingerprint density at radius 3 is 2.19 bits per heavy atom. The fraction of sp³-hybridized carbons (Fsp3) is 0.455. The number of benzene rings is 2. The molecule has 168 valence electrons. The third-order valence-corrected chi connectivity index (χ3v) is 7.16. The van der Waals surface area contributed by atoms with Crippen LogP contribution in [0, 0.1) is 22.5 Å². The van der Waals surface area contributed by atoms with Gasteiger partial charge in [-0.05, 0) is 36.6 Å². The van der Waals surface area contributed by atoms with E-state index in [1.807, 2.05) is 6.92 Å². The Hall–Kier alpha value is -2.65. The highest BCUT2D eigenvalue weighted by atomic mass is 32.2. The average molecular weight is 447 g/mol. The maximum atomic E-state index is 12.9. The van der Waals surface area contributed by atoms with Gasteiger partial charge in [-0.3, -0.25) is 10.1 Å². The van der Waals surface area contributed by atoms with E-state index in [2.05, 4.69) is 31.0 Å². The van der Waals surface area contributed by atoms with Crippen LogP contribution in [0.2, 0.25) is 0 Å². The summed E-state index contributed by atoms with van der Waals surface area (Å²) in [7, 11) is -3.53. The molecular weight excluding hydrogens is 416 g/mol. The lowest BCUT2D eigenvalue weighted by Crippen LogP contribution is -2.48. The topological polar surface area (TPSA) is 95.8 Å². The Labute approximate surface area is 184 Å². The normalized spacial score (nSPS) is 15.7. The first-order valence-electron chi connectivity index (χ1n) is 10.3. The zero-order chi connectivity index (χ0) is 22.8. The van der Waals surface area contributed by atoms with Crippen LogP contribution < -0.4 is 10.2 Å². The molecule has 1 fully saturated rings. The summed E-state index contributed by atoms with van der Waals surface area (Å²) in [5.41, 5.74) is 2.34. The molecule has 0 unspecified atom stereocenters. The average Bonchev–Trinajstić information content (AvgIpc) is 2.72. The van der Waals surface area contributed by atoms with Crippen molar-refractivity contribution >= 4 is 27.1 Å². The van der Waals surface area contributed by atoms with Crippen LogP contribution in [0.5, 0.6) is 0 Å². The Balaban J connectivity index is 1.74. The van der Waals surface area contributed by atoms with Crippen LogP contribution in [0.1, 0.15) is 26.3 Å². The number of hydrogen-bond acceptors (Lipinski definition) is 6. The first-order chi connectivity index (χ1) is 14.5. The van der Waals surface area contributed by atoms with Gasteiger partial charge in [0.1, 0.15) is 5.69 Å². The second-order valence-electron chi connectivity index (χ2n) is 9.08. The van der Waals surface area contributed by atoms with Crippen molar-refractivity contribution in [3.63, 3.8) is 0 Å². The van der Waals surface area contributed by atoms with Gasteiger partial charge < -0.3 is 10.2 Å². The maximum Gasteiger partial charge on any atom is 0.292 e. The van der Waals surface area contributed by atoms with Gasteiger partial charge in [0.05, 0.1) is 9.82 Å². The number of anilines is 2. The Morgan fingerprint density at radius 1 is 1.03 bits per heavy atom. The smallest absolute Gasteiger partial charge is 0.292 e. The Morgan fingerprint density at radius 2 is 1.65 bits per heavy atom. The Kier molecular flexibility index (Phi) is 6.56. The van der Waals surface area contributed by atoms with Gasteiger partial charge in [0.15, 0.2) is 0 Å². The highest BCUT2D eigenvalue weighted by Crippen LogP contribution is 2.31. The highest BCUT2D eigenvalue weighted by Gasteiger charge is 2.29. The minimum atomic E-state index is -3.53. The molecule has 0 bridgehead atoms. The SMILES string of the molecule is Cc1ccc(S(=O)(=O)N2CCN(c3ccc([N+](=O)[O-])c(NCC(C)(C)C)c3)CC2)cc1. The van der Waals surface area contributed by atoms with Gasteiger partial charge in [0.25, 0.3) is 5.69 Å². The van der Waals surface area contributed by atoms with E-state index in [9.17, 15) is 18.5 Å². The summed E-state index contributed by atoms with van der Waals surface area (Å²) in [5.74, 6) is 0. The van der Waals surface area contributed by atoms with Gasteiger partial charge in [-0.25, -0.2) is 8.42 Å². The van der Waals surface area contributed by atoms with Gasteiger partial charge >= 0.3 is 0 Å². The monoisotopic (exact) mass is 446 g/mol. The van der Waals surface area contributed by atoms with E-state index in [1.165, 1.54) is 10.4 Å². The second kappa shape index (κ2) is 8.84. The zero-order valence-electron chi connectivity index (χ0n) is 18.5. The van der Waals surface area contributed by atoms with Gasteiger partial charge in [-0.1, -0.05) is 38.5 Å². The maximum absolute atomic E-state index is 12.9. The molecule has 3 rings (SSSR count). The number of sulfonamides is 1. The molecule has 0 saturated carbocycles. The molecule has 1 N–H and O–H groups in total. The quantitative estimate of drug-likeness (QED) is 0.535.